The average molecular weight is 284 g/mol. The standard InChI is InChI=1S/C15H22ClNS/c1-9-12-6-10(15(12,2)3)7-13(9)17-8-11-4-5-14(16)18-11/h4-5,9-10,12-13,17H,6-8H2,1-3H3/t9-,10-,12+,13-/m1/s1. The summed E-state index contributed by atoms with van der Waals surface area (Å²) < 4.78 is 0.896. The molecule has 1 aromatic heterocycles. The first-order valence-electron chi connectivity index (χ1n) is 6.96. The molecule has 4 atom stereocenters. The van der Waals surface area contributed by atoms with Gasteiger partial charge in [-0.2, -0.15) is 0 Å². The SMILES string of the molecule is C[C@H]1[C@H](NCc2ccc(Cl)s2)C[C@H]2C[C@@H]1C2(C)C. The highest BCUT2D eigenvalue weighted by atomic mass is 35.5. The van der Waals surface area contributed by atoms with Crippen molar-refractivity contribution in [3.05, 3.63) is 21.3 Å². The minimum Gasteiger partial charge on any atom is -0.309 e. The molecule has 0 spiro atoms. The van der Waals surface area contributed by atoms with Crippen LogP contribution in [0.3, 0.4) is 0 Å². The van der Waals surface area contributed by atoms with E-state index in [0.29, 0.717) is 11.5 Å². The lowest BCUT2D eigenvalue weighted by Crippen LogP contribution is -2.59. The topological polar surface area (TPSA) is 12.0 Å². The fourth-order valence-corrected chi connectivity index (χ4v) is 5.14. The first kappa shape index (κ1) is 13.0. The van der Waals surface area contributed by atoms with Crippen LogP contribution in [0.1, 0.15) is 38.5 Å². The highest BCUT2D eigenvalue weighted by Gasteiger charge is 2.55. The Morgan fingerprint density at radius 1 is 1.39 bits per heavy atom. The van der Waals surface area contributed by atoms with Crippen molar-refractivity contribution in [1.82, 2.24) is 5.32 Å². The van der Waals surface area contributed by atoms with Crippen molar-refractivity contribution in [2.24, 2.45) is 23.2 Å². The van der Waals surface area contributed by atoms with E-state index >= 15 is 0 Å². The minimum atomic E-state index is 0.587. The Hall–Kier alpha value is -0.0500. The number of nitrogens with one attached hydrogen (secondary N) is 1. The molecule has 1 N–H and O–H groups in total. The summed E-state index contributed by atoms with van der Waals surface area (Å²) in [6.45, 7) is 8.32. The number of fused-ring (bicyclic) bond motifs is 2. The summed E-state index contributed by atoms with van der Waals surface area (Å²) in [6.07, 6.45) is 2.81. The van der Waals surface area contributed by atoms with Crippen molar-refractivity contribution >= 4 is 22.9 Å². The van der Waals surface area contributed by atoms with Crippen molar-refractivity contribution in [3.63, 3.8) is 0 Å². The third kappa shape index (κ3) is 2.03. The summed E-state index contributed by atoms with van der Waals surface area (Å²) in [5.74, 6) is 2.66. The normalized spacial score (nSPS) is 37.3. The largest absolute Gasteiger partial charge is 0.309 e. The molecule has 3 aliphatic rings. The molecule has 0 unspecified atom stereocenters. The zero-order chi connectivity index (χ0) is 12.9. The fourth-order valence-electron chi connectivity index (χ4n) is 4.10. The number of thiophene rings is 1. The van der Waals surface area contributed by atoms with Crippen LogP contribution in [0.25, 0.3) is 0 Å². The predicted molar refractivity (Wildman–Crippen MR) is 79.1 cm³/mol. The molecule has 0 aromatic carbocycles. The summed E-state index contributed by atoms with van der Waals surface area (Å²) in [4.78, 5) is 1.35. The van der Waals surface area contributed by atoms with Crippen LogP contribution in [0.2, 0.25) is 4.34 Å². The lowest BCUT2D eigenvalue weighted by Gasteiger charge is -2.62. The van der Waals surface area contributed by atoms with E-state index in [9.17, 15) is 0 Å². The van der Waals surface area contributed by atoms with E-state index in [1.54, 1.807) is 11.3 Å². The smallest absolute Gasteiger partial charge is 0.0931 e. The Labute approximate surface area is 119 Å². The van der Waals surface area contributed by atoms with Gasteiger partial charge in [0.2, 0.25) is 0 Å². The molecule has 0 saturated heterocycles. The molecule has 3 saturated carbocycles. The van der Waals surface area contributed by atoms with Crippen LogP contribution in [0.5, 0.6) is 0 Å². The number of hydrogen-bond acceptors (Lipinski definition) is 2. The third-order valence-corrected chi connectivity index (χ3v) is 6.75. The Balaban J connectivity index is 1.59. The van der Waals surface area contributed by atoms with E-state index in [1.807, 2.05) is 6.07 Å². The maximum absolute atomic E-state index is 5.97. The summed E-state index contributed by atoms with van der Waals surface area (Å²) in [7, 11) is 0. The van der Waals surface area contributed by atoms with E-state index in [-0.39, 0.29) is 0 Å². The Bertz CT molecular complexity index is 439. The van der Waals surface area contributed by atoms with Crippen molar-refractivity contribution in [2.45, 2.75) is 46.2 Å². The zero-order valence-corrected chi connectivity index (χ0v) is 12.9. The van der Waals surface area contributed by atoms with E-state index in [0.717, 1.165) is 28.6 Å². The highest BCUT2D eigenvalue weighted by Crippen LogP contribution is 2.61. The van der Waals surface area contributed by atoms with Gasteiger partial charge in [0.05, 0.1) is 4.34 Å². The molecule has 100 valence electrons. The van der Waals surface area contributed by atoms with E-state index < -0.39 is 0 Å². The Kier molecular flexibility index (Phi) is 3.24. The first-order chi connectivity index (χ1) is 8.48. The predicted octanol–water partition coefficient (Wildman–Crippen LogP) is 4.56. The van der Waals surface area contributed by atoms with Gasteiger partial charge >= 0.3 is 0 Å². The van der Waals surface area contributed by atoms with Gasteiger partial charge in [-0.05, 0) is 48.1 Å². The number of halogens is 1. The third-order valence-electron chi connectivity index (χ3n) is 5.52. The highest BCUT2D eigenvalue weighted by molar-refractivity contribution is 7.16. The maximum Gasteiger partial charge on any atom is 0.0931 e. The molecule has 4 rings (SSSR count). The lowest BCUT2D eigenvalue weighted by atomic mass is 9.45. The van der Waals surface area contributed by atoms with Crippen LogP contribution in [-0.4, -0.2) is 6.04 Å². The molecule has 18 heavy (non-hydrogen) atoms. The summed E-state index contributed by atoms with van der Waals surface area (Å²) in [5.41, 5.74) is 0.587. The van der Waals surface area contributed by atoms with E-state index in [4.69, 9.17) is 11.6 Å². The number of rotatable bonds is 3. The molecular weight excluding hydrogens is 262 g/mol. The van der Waals surface area contributed by atoms with Gasteiger partial charge in [-0.25, -0.2) is 0 Å². The first-order valence-corrected chi connectivity index (χ1v) is 8.15. The van der Waals surface area contributed by atoms with Crippen LogP contribution >= 0.6 is 22.9 Å². The van der Waals surface area contributed by atoms with Crippen molar-refractivity contribution < 1.29 is 0 Å². The molecule has 1 nitrogen and oxygen atoms in total. The van der Waals surface area contributed by atoms with E-state index in [2.05, 4.69) is 32.2 Å². The van der Waals surface area contributed by atoms with Gasteiger partial charge in [-0.3, -0.25) is 0 Å². The molecule has 0 radical (unpaired) electrons. The monoisotopic (exact) mass is 283 g/mol. The van der Waals surface area contributed by atoms with Gasteiger partial charge in [0.25, 0.3) is 0 Å². The summed E-state index contributed by atoms with van der Waals surface area (Å²) in [5, 5.41) is 3.75. The van der Waals surface area contributed by atoms with Crippen LogP contribution in [0.15, 0.2) is 12.1 Å². The average Bonchev–Trinajstić information content (AvgIpc) is 2.73. The maximum atomic E-state index is 5.97. The Morgan fingerprint density at radius 2 is 2.17 bits per heavy atom. The van der Waals surface area contributed by atoms with Crippen LogP contribution in [-0.2, 0) is 6.54 Å². The van der Waals surface area contributed by atoms with Gasteiger partial charge < -0.3 is 5.32 Å². The zero-order valence-electron chi connectivity index (χ0n) is 11.4. The molecule has 2 bridgehead atoms. The second kappa shape index (κ2) is 4.50. The Morgan fingerprint density at radius 3 is 2.72 bits per heavy atom. The van der Waals surface area contributed by atoms with E-state index in [1.165, 1.54) is 17.7 Å². The van der Waals surface area contributed by atoms with Crippen molar-refractivity contribution in [3.8, 4) is 0 Å². The minimum absolute atomic E-state index is 0.587. The van der Waals surface area contributed by atoms with Crippen LogP contribution < -0.4 is 5.32 Å². The van der Waals surface area contributed by atoms with Gasteiger partial charge in [-0.1, -0.05) is 32.4 Å². The second-order valence-electron chi connectivity index (χ2n) is 6.65. The molecule has 1 aromatic rings. The van der Waals surface area contributed by atoms with Crippen molar-refractivity contribution in [2.75, 3.05) is 0 Å². The molecule has 3 aliphatic carbocycles. The van der Waals surface area contributed by atoms with Gasteiger partial charge in [0.15, 0.2) is 0 Å². The van der Waals surface area contributed by atoms with Gasteiger partial charge in [0, 0.05) is 17.5 Å². The quantitative estimate of drug-likeness (QED) is 0.857. The molecule has 3 fully saturated rings. The van der Waals surface area contributed by atoms with Crippen molar-refractivity contribution in [1.29, 1.82) is 0 Å². The molecule has 0 amide bonds. The summed E-state index contributed by atoms with van der Waals surface area (Å²) in [6, 6.07) is 4.83. The second-order valence-corrected chi connectivity index (χ2v) is 8.45. The number of hydrogen-bond donors (Lipinski definition) is 1. The molecule has 0 aliphatic heterocycles. The molecular formula is C15H22ClNS. The molecule has 1 heterocycles. The molecule has 3 heteroatoms. The van der Waals surface area contributed by atoms with Crippen LogP contribution in [0.4, 0.5) is 0 Å². The fraction of sp³-hybridized carbons (Fsp3) is 0.733. The lowest BCUT2D eigenvalue weighted by molar-refractivity contribution is -0.115. The van der Waals surface area contributed by atoms with Gasteiger partial charge in [-0.15, -0.1) is 11.3 Å². The van der Waals surface area contributed by atoms with Gasteiger partial charge in [0.1, 0.15) is 0 Å². The van der Waals surface area contributed by atoms with Crippen LogP contribution in [0, 0.1) is 23.2 Å². The summed E-state index contributed by atoms with van der Waals surface area (Å²) >= 11 is 7.66.